The largest absolute Gasteiger partial charge is 0.337 e. The smallest absolute Gasteiger partial charge is 0.261 e. The highest BCUT2D eigenvalue weighted by molar-refractivity contribution is 7.92. The lowest BCUT2D eigenvalue weighted by atomic mass is 10.2. The van der Waals surface area contributed by atoms with Crippen molar-refractivity contribution in [1.29, 1.82) is 0 Å². The molecule has 3 rings (SSSR count). The molecule has 146 valence electrons. The van der Waals surface area contributed by atoms with Gasteiger partial charge in [0.15, 0.2) is 0 Å². The van der Waals surface area contributed by atoms with Crippen molar-refractivity contribution in [3.8, 4) is 0 Å². The number of benzene rings is 2. The highest BCUT2D eigenvalue weighted by Crippen LogP contribution is 2.22. The zero-order valence-electron chi connectivity index (χ0n) is 14.7. The zero-order valence-corrected chi connectivity index (χ0v) is 17.1. The van der Waals surface area contributed by atoms with Crippen LogP contribution < -0.4 is 4.72 Å². The molecule has 9 heteroatoms. The van der Waals surface area contributed by atoms with Crippen LogP contribution in [0.3, 0.4) is 0 Å². The zero-order chi connectivity index (χ0) is 20.3. The Labute approximate surface area is 171 Å². The second kappa shape index (κ2) is 8.30. The summed E-state index contributed by atoms with van der Waals surface area (Å²) in [7, 11) is -2.23. The van der Waals surface area contributed by atoms with Crippen molar-refractivity contribution in [3.63, 3.8) is 0 Å². The molecule has 1 amide bonds. The van der Waals surface area contributed by atoms with Crippen molar-refractivity contribution in [1.82, 2.24) is 4.90 Å². The molecule has 1 aromatic heterocycles. The number of halogens is 2. The number of carbonyl (C=O) groups excluding carboxylic acids is 1. The van der Waals surface area contributed by atoms with Crippen molar-refractivity contribution in [2.45, 2.75) is 11.4 Å². The first-order valence-electron chi connectivity index (χ1n) is 8.12. The predicted octanol–water partition coefficient (Wildman–Crippen LogP) is 4.61. The van der Waals surface area contributed by atoms with Gasteiger partial charge in [0, 0.05) is 23.2 Å². The normalized spacial score (nSPS) is 11.2. The summed E-state index contributed by atoms with van der Waals surface area (Å²) >= 11 is 7.22. The molecular formula is C19H16ClFN2O3S2. The van der Waals surface area contributed by atoms with Crippen LogP contribution in [0, 0.1) is 5.82 Å². The van der Waals surface area contributed by atoms with Gasteiger partial charge >= 0.3 is 0 Å². The quantitative estimate of drug-likeness (QED) is 0.611. The molecule has 0 aliphatic carbocycles. The molecule has 1 heterocycles. The Morgan fingerprint density at radius 1 is 1.18 bits per heavy atom. The molecule has 0 saturated carbocycles. The number of nitrogens with one attached hydrogen (secondary N) is 1. The lowest BCUT2D eigenvalue weighted by Gasteiger charge is -2.16. The van der Waals surface area contributed by atoms with E-state index in [-0.39, 0.29) is 21.5 Å². The summed E-state index contributed by atoms with van der Waals surface area (Å²) in [6.45, 7) is 0.496. The average molecular weight is 439 g/mol. The number of sulfonamides is 1. The van der Waals surface area contributed by atoms with Gasteiger partial charge in [-0.3, -0.25) is 9.52 Å². The first-order chi connectivity index (χ1) is 13.3. The van der Waals surface area contributed by atoms with E-state index in [0.717, 1.165) is 23.1 Å². The Hall–Kier alpha value is -2.42. The van der Waals surface area contributed by atoms with E-state index in [4.69, 9.17) is 11.6 Å². The van der Waals surface area contributed by atoms with Gasteiger partial charge in [-0.05, 0) is 53.9 Å². The molecule has 0 atom stereocenters. The van der Waals surface area contributed by atoms with Gasteiger partial charge in [0.05, 0.1) is 16.5 Å². The molecule has 0 aliphatic heterocycles. The molecule has 28 heavy (non-hydrogen) atoms. The van der Waals surface area contributed by atoms with Crippen LogP contribution >= 0.6 is 22.9 Å². The highest BCUT2D eigenvalue weighted by atomic mass is 35.5. The molecule has 3 aromatic rings. The van der Waals surface area contributed by atoms with Crippen LogP contribution in [-0.4, -0.2) is 26.3 Å². The minimum atomic E-state index is -3.93. The van der Waals surface area contributed by atoms with Crippen molar-refractivity contribution < 1.29 is 17.6 Å². The standard InChI is InChI=1S/C19H16ClFN2O3S2/c1-23(12-15-3-2-10-27-15)19(24)13-4-6-14(7-5-13)22-28(25,26)16-8-9-18(21)17(20)11-16/h2-11,22H,12H2,1H3. The molecule has 0 radical (unpaired) electrons. The topological polar surface area (TPSA) is 66.5 Å². The molecule has 0 saturated heterocycles. The van der Waals surface area contributed by atoms with Crippen LogP contribution in [0.4, 0.5) is 10.1 Å². The minimum Gasteiger partial charge on any atom is -0.337 e. The fourth-order valence-corrected chi connectivity index (χ4v) is 4.55. The van der Waals surface area contributed by atoms with Crippen molar-refractivity contribution in [2.24, 2.45) is 0 Å². The SMILES string of the molecule is CN(Cc1cccs1)C(=O)c1ccc(NS(=O)(=O)c2ccc(F)c(Cl)c2)cc1. The molecule has 0 fully saturated rings. The number of carbonyl (C=O) groups is 1. The highest BCUT2D eigenvalue weighted by Gasteiger charge is 2.17. The van der Waals surface area contributed by atoms with Crippen molar-refractivity contribution in [2.75, 3.05) is 11.8 Å². The molecule has 1 N–H and O–H groups in total. The third-order valence-corrected chi connectivity index (χ3v) is 6.44. The summed E-state index contributed by atoms with van der Waals surface area (Å²) in [6, 6.07) is 13.1. The van der Waals surface area contributed by atoms with E-state index in [9.17, 15) is 17.6 Å². The number of nitrogens with zero attached hydrogens (tertiary/aromatic N) is 1. The predicted molar refractivity (Wildman–Crippen MR) is 109 cm³/mol. The molecule has 0 bridgehead atoms. The Morgan fingerprint density at radius 2 is 1.89 bits per heavy atom. The summed E-state index contributed by atoms with van der Waals surface area (Å²) in [4.78, 5) is 15.0. The van der Waals surface area contributed by atoms with Crippen LogP contribution in [0.5, 0.6) is 0 Å². The number of anilines is 1. The van der Waals surface area contributed by atoms with E-state index in [1.807, 2.05) is 17.5 Å². The lowest BCUT2D eigenvalue weighted by Crippen LogP contribution is -2.25. The number of hydrogen-bond donors (Lipinski definition) is 1. The summed E-state index contributed by atoms with van der Waals surface area (Å²) < 4.78 is 40.4. The van der Waals surface area contributed by atoms with Gasteiger partial charge in [-0.15, -0.1) is 11.3 Å². The lowest BCUT2D eigenvalue weighted by molar-refractivity contribution is 0.0786. The molecule has 0 spiro atoms. The third kappa shape index (κ3) is 4.70. The van der Waals surface area contributed by atoms with Crippen LogP contribution in [0.15, 0.2) is 64.9 Å². The Morgan fingerprint density at radius 3 is 2.50 bits per heavy atom. The molecule has 5 nitrogen and oxygen atoms in total. The average Bonchev–Trinajstić information content (AvgIpc) is 3.16. The van der Waals surface area contributed by atoms with Gasteiger partial charge < -0.3 is 4.90 Å². The Balaban J connectivity index is 1.71. The Kier molecular flexibility index (Phi) is 6.02. The maximum absolute atomic E-state index is 13.2. The summed E-state index contributed by atoms with van der Waals surface area (Å²) in [6.07, 6.45) is 0. The van der Waals surface area contributed by atoms with E-state index in [0.29, 0.717) is 12.1 Å². The van der Waals surface area contributed by atoms with Gasteiger partial charge in [0.1, 0.15) is 5.82 Å². The van der Waals surface area contributed by atoms with Gasteiger partial charge in [-0.2, -0.15) is 0 Å². The summed E-state index contributed by atoms with van der Waals surface area (Å²) in [5.41, 5.74) is 0.713. The second-order valence-corrected chi connectivity index (χ2v) is 9.12. The van der Waals surface area contributed by atoms with E-state index in [1.54, 1.807) is 35.4 Å². The second-order valence-electron chi connectivity index (χ2n) is 6.00. The maximum Gasteiger partial charge on any atom is 0.261 e. The fraction of sp³-hybridized carbons (Fsp3) is 0.105. The summed E-state index contributed by atoms with van der Waals surface area (Å²) in [5, 5.41) is 1.67. The first-order valence-corrected chi connectivity index (χ1v) is 10.9. The number of rotatable bonds is 6. The molecule has 2 aromatic carbocycles. The van der Waals surface area contributed by atoms with E-state index < -0.39 is 15.8 Å². The number of hydrogen-bond acceptors (Lipinski definition) is 4. The summed E-state index contributed by atoms with van der Waals surface area (Å²) in [5.74, 6) is -0.872. The van der Waals surface area contributed by atoms with E-state index in [2.05, 4.69) is 4.72 Å². The van der Waals surface area contributed by atoms with Crippen molar-refractivity contribution in [3.05, 3.63) is 81.3 Å². The van der Waals surface area contributed by atoms with Gasteiger partial charge in [0.25, 0.3) is 15.9 Å². The fourth-order valence-electron chi connectivity index (χ4n) is 2.47. The molecule has 0 aliphatic rings. The van der Waals surface area contributed by atoms with Gasteiger partial charge in [-0.1, -0.05) is 17.7 Å². The van der Waals surface area contributed by atoms with Crippen LogP contribution in [0.2, 0.25) is 5.02 Å². The van der Waals surface area contributed by atoms with E-state index in [1.165, 1.54) is 12.1 Å². The van der Waals surface area contributed by atoms with Crippen LogP contribution in [0.25, 0.3) is 0 Å². The van der Waals surface area contributed by atoms with Crippen LogP contribution in [-0.2, 0) is 16.6 Å². The number of amides is 1. The molecular weight excluding hydrogens is 423 g/mol. The Bertz CT molecular complexity index is 1080. The van der Waals surface area contributed by atoms with Gasteiger partial charge in [-0.25, -0.2) is 12.8 Å². The molecule has 0 unspecified atom stereocenters. The third-order valence-electron chi connectivity index (χ3n) is 3.91. The van der Waals surface area contributed by atoms with Crippen LogP contribution in [0.1, 0.15) is 15.2 Å². The first kappa shape index (κ1) is 20.3. The maximum atomic E-state index is 13.2. The minimum absolute atomic E-state index is 0.158. The van der Waals surface area contributed by atoms with Gasteiger partial charge in [0.2, 0.25) is 0 Å². The van der Waals surface area contributed by atoms with E-state index >= 15 is 0 Å². The van der Waals surface area contributed by atoms with Crippen molar-refractivity contribution >= 4 is 44.6 Å². The monoisotopic (exact) mass is 438 g/mol. The number of thiophene rings is 1.